The number of amides is 4. The number of allylic oxidation sites excluding steroid dienone is 1. The molecule has 1 saturated carbocycles. The molecular weight excluding hydrogens is 552 g/mol. The van der Waals surface area contributed by atoms with Gasteiger partial charge in [0.1, 0.15) is 11.5 Å². The van der Waals surface area contributed by atoms with Crippen molar-refractivity contribution < 1.29 is 38.2 Å². The Labute approximate surface area is 249 Å². The highest BCUT2D eigenvalue weighted by Gasteiger charge is 2.77. The van der Waals surface area contributed by atoms with Gasteiger partial charge in [-0.1, -0.05) is 36.8 Å². The third-order valence-corrected chi connectivity index (χ3v) is 9.49. The zero-order valence-corrected chi connectivity index (χ0v) is 24.8. The van der Waals surface area contributed by atoms with E-state index in [0.29, 0.717) is 41.7 Å². The molecule has 10 heteroatoms. The van der Waals surface area contributed by atoms with Gasteiger partial charge in [0.25, 0.3) is 0 Å². The molecule has 0 radical (unpaired) electrons. The van der Waals surface area contributed by atoms with Crippen LogP contribution in [0.25, 0.3) is 0 Å². The Morgan fingerprint density at radius 2 is 1.14 bits per heavy atom. The summed E-state index contributed by atoms with van der Waals surface area (Å²) >= 11 is 0. The van der Waals surface area contributed by atoms with Crippen LogP contribution in [0.2, 0.25) is 0 Å². The lowest BCUT2D eigenvalue weighted by Crippen LogP contribution is -2.61. The predicted molar refractivity (Wildman–Crippen MR) is 155 cm³/mol. The van der Waals surface area contributed by atoms with Crippen molar-refractivity contribution in [2.45, 2.75) is 34.6 Å². The van der Waals surface area contributed by atoms with Crippen molar-refractivity contribution in [3.63, 3.8) is 0 Å². The predicted octanol–water partition coefficient (Wildman–Crippen LogP) is 3.92. The first-order chi connectivity index (χ1) is 20.6. The molecule has 10 nitrogen and oxygen atoms in total. The minimum atomic E-state index is -1.50. The topological polar surface area (TPSA) is 120 Å². The molecule has 2 bridgehead atoms. The number of imide groups is 2. The SMILES string of the molecule is CCOC(=O)C1=C(C)C2[C@H]3C(=O)N(c4ccccc4OCC)C(=O)[C@H]3C1(C)[C@@H]1C(=O)N(c3ccccc3OCC)C(=O)[C@@H]21. The molecule has 224 valence electrons. The molecule has 0 N–H and O–H groups in total. The first-order valence-electron chi connectivity index (χ1n) is 14.7. The minimum absolute atomic E-state index is 0.0834. The zero-order valence-electron chi connectivity index (χ0n) is 24.8. The van der Waals surface area contributed by atoms with Crippen molar-refractivity contribution in [3.8, 4) is 11.5 Å². The number of anilines is 2. The van der Waals surface area contributed by atoms with E-state index in [1.165, 1.54) is 0 Å². The quantitative estimate of drug-likeness (QED) is 0.337. The highest BCUT2D eigenvalue weighted by atomic mass is 16.5. The summed E-state index contributed by atoms with van der Waals surface area (Å²) in [6, 6.07) is 13.6. The Bertz CT molecular complexity index is 1500. The third-order valence-electron chi connectivity index (χ3n) is 9.49. The smallest absolute Gasteiger partial charge is 0.334 e. The van der Waals surface area contributed by atoms with Gasteiger partial charge in [-0.25, -0.2) is 14.6 Å². The van der Waals surface area contributed by atoms with Gasteiger partial charge in [0.15, 0.2) is 0 Å². The number of hydrogen-bond donors (Lipinski definition) is 0. The van der Waals surface area contributed by atoms with Crippen molar-refractivity contribution in [2.75, 3.05) is 29.6 Å². The molecule has 43 heavy (non-hydrogen) atoms. The Hall–Kier alpha value is -4.47. The van der Waals surface area contributed by atoms with Crippen LogP contribution < -0.4 is 19.3 Å². The summed E-state index contributed by atoms with van der Waals surface area (Å²) in [6.45, 7) is 9.39. The van der Waals surface area contributed by atoms with E-state index in [9.17, 15) is 24.0 Å². The fourth-order valence-corrected chi connectivity index (χ4v) is 8.12. The number of nitrogens with zero attached hydrogens (tertiary/aromatic N) is 2. The second-order valence-corrected chi connectivity index (χ2v) is 11.4. The molecule has 0 spiro atoms. The Kier molecular flexibility index (Phi) is 6.90. The maximum atomic E-state index is 14.4. The van der Waals surface area contributed by atoms with Crippen LogP contribution in [0.4, 0.5) is 11.4 Å². The number of carbonyl (C=O) groups is 5. The van der Waals surface area contributed by atoms with Crippen LogP contribution in [-0.4, -0.2) is 49.4 Å². The first-order valence-corrected chi connectivity index (χ1v) is 14.7. The van der Waals surface area contributed by atoms with E-state index in [1.54, 1.807) is 83.1 Å². The van der Waals surface area contributed by atoms with Crippen LogP contribution in [0, 0.1) is 35.0 Å². The lowest BCUT2D eigenvalue weighted by atomic mass is 9.43. The Balaban J connectivity index is 1.54. The Morgan fingerprint density at radius 1 is 0.698 bits per heavy atom. The van der Waals surface area contributed by atoms with E-state index >= 15 is 0 Å². The molecule has 5 aliphatic rings. The standard InChI is InChI=1S/C33H34N2O8/c1-6-41-20-15-11-9-13-18(20)34-28(36)23-22-17(4)25(32(40)43-8-3)33(5,26(23)30(34)38)27-24(22)29(37)35(31(27)39)19-14-10-12-16-21(19)42-7-2/h9-16,22-24,26-27H,6-8H2,1-5H3/t22?,23-,24+,26-,27-,33?/m0/s1. The number of carbonyl (C=O) groups excluding carboxylic acids is 5. The van der Waals surface area contributed by atoms with Crippen LogP contribution in [0.5, 0.6) is 11.5 Å². The lowest BCUT2D eigenvalue weighted by molar-refractivity contribution is -0.155. The third kappa shape index (κ3) is 3.74. The van der Waals surface area contributed by atoms with Crippen molar-refractivity contribution in [1.29, 1.82) is 0 Å². The molecule has 2 aromatic rings. The molecule has 2 unspecified atom stereocenters. The molecule has 0 aromatic heterocycles. The summed E-state index contributed by atoms with van der Waals surface area (Å²) in [5.74, 6) is -6.84. The molecule has 2 saturated heterocycles. The summed E-state index contributed by atoms with van der Waals surface area (Å²) < 4.78 is 17.0. The van der Waals surface area contributed by atoms with E-state index in [1.807, 2.05) is 0 Å². The van der Waals surface area contributed by atoms with E-state index in [4.69, 9.17) is 14.2 Å². The van der Waals surface area contributed by atoms with Gasteiger partial charge >= 0.3 is 5.97 Å². The molecule has 2 aliphatic heterocycles. The highest BCUT2D eigenvalue weighted by molar-refractivity contribution is 6.28. The fourth-order valence-electron chi connectivity index (χ4n) is 8.12. The highest BCUT2D eigenvalue weighted by Crippen LogP contribution is 2.69. The second-order valence-electron chi connectivity index (χ2n) is 11.4. The minimum Gasteiger partial charge on any atom is -0.492 e. The van der Waals surface area contributed by atoms with Gasteiger partial charge in [0.2, 0.25) is 23.6 Å². The van der Waals surface area contributed by atoms with Crippen molar-refractivity contribution in [2.24, 2.45) is 35.0 Å². The van der Waals surface area contributed by atoms with Crippen molar-refractivity contribution in [3.05, 3.63) is 59.7 Å². The molecule has 6 atom stereocenters. The van der Waals surface area contributed by atoms with Crippen LogP contribution in [0.3, 0.4) is 0 Å². The number of esters is 1. The number of hydrogen-bond acceptors (Lipinski definition) is 8. The van der Waals surface area contributed by atoms with Crippen LogP contribution in [0.1, 0.15) is 34.6 Å². The van der Waals surface area contributed by atoms with Gasteiger partial charge in [-0.2, -0.15) is 0 Å². The maximum absolute atomic E-state index is 14.4. The summed E-state index contributed by atoms with van der Waals surface area (Å²) in [5.41, 5.74) is -0.205. The van der Waals surface area contributed by atoms with Gasteiger partial charge in [-0.3, -0.25) is 19.2 Å². The monoisotopic (exact) mass is 586 g/mol. The number of rotatable bonds is 8. The van der Waals surface area contributed by atoms with E-state index in [-0.39, 0.29) is 12.2 Å². The van der Waals surface area contributed by atoms with Crippen LogP contribution >= 0.6 is 0 Å². The van der Waals surface area contributed by atoms with Crippen LogP contribution in [-0.2, 0) is 28.7 Å². The van der Waals surface area contributed by atoms with Crippen molar-refractivity contribution >= 4 is 41.0 Å². The molecule has 4 amide bonds. The molecule has 2 heterocycles. The van der Waals surface area contributed by atoms with Crippen LogP contribution in [0.15, 0.2) is 59.7 Å². The number of ether oxygens (including phenoxy) is 3. The molecular formula is C33H34N2O8. The largest absolute Gasteiger partial charge is 0.492 e. The molecule has 3 fully saturated rings. The first kappa shape index (κ1) is 28.6. The van der Waals surface area contributed by atoms with Gasteiger partial charge < -0.3 is 14.2 Å². The van der Waals surface area contributed by atoms with E-state index in [2.05, 4.69) is 0 Å². The average Bonchev–Trinajstić information content (AvgIpc) is 3.40. The lowest BCUT2D eigenvalue weighted by Gasteiger charge is -2.55. The maximum Gasteiger partial charge on any atom is 0.334 e. The summed E-state index contributed by atoms with van der Waals surface area (Å²) in [6.07, 6.45) is 0. The summed E-state index contributed by atoms with van der Waals surface area (Å²) in [7, 11) is 0. The van der Waals surface area contributed by atoms with E-state index < -0.39 is 64.6 Å². The molecule has 3 aliphatic carbocycles. The number of benzene rings is 2. The normalized spacial score (nSPS) is 29.3. The summed E-state index contributed by atoms with van der Waals surface area (Å²) in [5, 5.41) is 0. The summed E-state index contributed by atoms with van der Waals surface area (Å²) in [4.78, 5) is 73.4. The second kappa shape index (κ2) is 10.4. The molecule has 2 aromatic carbocycles. The zero-order chi connectivity index (χ0) is 30.8. The van der Waals surface area contributed by atoms with Gasteiger partial charge in [0.05, 0.1) is 54.9 Å². The van der Waals surface area contributed by atoms with Gasteiger partial charge in [-0.15, -0.1) is 0 Å². The molecule has 7 rings (SSSR count). The van der Waals surface area contributed by atoms with Gasteiger partial charge in [0, 0.05) is 16.9 Å². The average molecular weight is 587 g/mol. The van der Waals surface area contributed by atoms with Gasteiger partial charge in [-0.05, 0) is 52.0 Å². The fraction of sp³-hybridized carbons (Fsp3) is 0.424. The Morgan fingerprint density at radius 3 is 1.56 bits per heavy atom. The van der Waals surface area contributed by atoms with Crippen molar-refractivity contribution in [1.82, 2.24) is 0 Å². The van der Waals surface area contributed by atoms with E-state index in [0.717, 1.165) is 9.80 Å². The number of para-hydroxylation sites is 4.